The highest BCUT2D eigenvalue weighted by atomic mass is 16.7. The van der Waals surface area contributed by atoms with Gasteiger partial charge < -0.3 is 9.57 Å². The number of hydrogen-bond donors (Lipinski definition) is 0. The number of ether oxygens (including phenoxy) is 1. The summed E-state index contributed by atoms with van der Waals surface area (Å²) in [6.45, 7) is 0. The lowest BCUT2D eigenvalue weighted by molar-refractivity contribution is -0.132. The van der Waals surface area contributed by atoms with Gasteiger partial charge in [0.2, 0.25) is 0 Å². The van der Waals surface area contributed by atoms with Gasteiger partial charge >= 0.3 is 0 Å². The third-order valence-corrected chi connectivity index (χ3v) is 3.99. The molecule has 1 aromatic carbocycles. The number of nitrogens with zero attached hydrogens (tertiary/aromatic N) is 1. The zero-order valence-electron chi connectivity index (χ0n) is 9.78. The summed E-state index contributed by atoms with van der Waals surface area (Å²) in [7, 11) is 0. The molecular weight excluding hydrogens is 230 g/mol. The van der Waals surface area contributed by atoms with E-state index >= 15 is 0 Å². The van der Waals surface area contributed by atoms with Crippen molar-refractivity contribution in [2.75, 3.05) is 0 Å². The van der Waals surface area contributed by atoms with E-state index in [1.165, 1.54) is 0 Å². The second-order valence-corrected chi connectivity index (χ2v) is 5.10. The van der Waals surface area contributed by atoms with Crippen molar-refractivity contribution in [1.82, 2.24) is 0 Å². The number of benzene rings is 1. The molecule has 2 saturated heterocycles. The molecule has 0 saturated carbocycles. The smallest absolute Gasteiger partial charge is 0.164 e. The van der Waals surface area contributed by atoms with Crippen molar-refractivity contribution in [3.8, 4) is 0 Å². The molecule has 0 radical (unpaired) electrons. The minimum atomic E-state index is -0.105. The summed E-state index contributed by atoms with van der Waals surface area (Å²) >= 11 is 0. The van der Waals surface area contributed by atoms with Crippen molar-refractivity contribution in [2.24, 2.45) is 11.1 Å². The van der Waals surface area contributed by atoms with Crippen LogP contribution >= 0.6 is 0 Å². The van der Waals surface area contributed by atoms with Gasteiger partial charge in [-0.05, 0) is 5.56 Å². The minimum absolute atomic E-state index is 0.0530. The largest absolute Gasteiger partial charge is 0.389 e. The Labute approximate surface area is 105 Å². The number of rotatable bonds is 1. The van der Waals surface area contributed by atoms with Crippen molar-refractivity contribution in [3.05, 3.63) is 35.9 Å². The molecule has 3 aliphatic rings. The van der Waals surface area contributed by atoms with Gasteiger partial charge in [0.15, 0.2) is 6.10 Å². The maximum absolute atomic E-state index is 11.6. The van der Waals surface area contributed by atoms with E-state index in [4.69, 9.17) is 9.57 Å². The van der Waals surface area contributed by atoms with Crippen LogP contribution in [-0.2, 0) is 14.4 Å². The Hall–Kier alpha value is -1.68. The molecule has 1 aromatic rings. The molecule has 3 aliphatic heterocycles. The van der Waals surface area contributed by atoms with Gasteiger partial charge in [0, 0.05) is 12.8 Å². The second-order valence-electron chi connectivity index (χ2n) is 5.10. The number of hydrogen-bond acceptors (Lipinski definition) is 4. The summed E-state index contributed by atoms with van der Waals surface area (Å²) in [5, 5.41) is 4.22. The average Bonchev–Trinajstić information content (AvgIpc) is 2.92. The second kappa shape index (κ2) is 3.65. The SMILES string of the molecule is O=C1C[C@@H]2O[C@H](C1)[C@H]1C(c3ccccc3)=NO[C@H]12. The maximum atomic E-state index is 11.6. The van der Waals surface area contributed by atoms with E-state index in [2.05, 4.69) is 5.16 Å². The van der Waals surface area contributed by atoms with Gasteiger partial charge in [-0.2, -0.15) is 0 Å². The first-order valence-corrected chi connectivity index (χ1v) is 6.29. The van der Waals surface area contributed by atoms with Crippen molar-refractivity contribution in [2.45, 2.75) is 31.2 Å². The molecule has 2 fully saturated rings. The molecule has 0 unspecified atom stereocenters. The highest BCUT2D eigenvalue weighted by Crippen LogP contribution is 2.42. The third-order valence-electron chi connectivity index (χ3n) is 3.99. The van der Waals surface area contributed by atoms with Gasteiger partial charge in [-0.3, -0.25) is 4.79 Å². The van der Waals surface area contributed by atoms with Crippen molar-refractivity contribution >= 4 is 11.5 Å². The minimum Gasteiger partial charge on any atom is -0.389 e. The molecule has 4 atom stereocenters. The maximum Gasteiger partial charge on any atom is 0.164 e. The number of fused-ring (bicyclic) bond motifs is 5. The molecule has 2 bridgehead atoms. The van der Waals surface area contributed by atoms with Crippen molar-refractivity contribution < 1.29 is 14.4 Å². The van der Waals surface area contributed by atoms with Crippen LogP contribution in [0.1, 0.15) is 18.4 Å². The Kier molecular flexibility index (Phi) is 2.08. The summed E-state index contributed by atoms with van der Waals surface area (Å²) in [5.41, 5.74) is 2.00. The summed E-state index contributed by atoms with van der Waals surface area (Å²) in [4.78, 5) is 17.1. The summed E-state index contributed by atoms with van der Waals surface area (Å²) in [5.74, 6) is 0.394. The van der Waals surface area contributed by atoms with E-state index in [0.717, 1.165) is 11.3 Å². The zero-order valence-corrected chi connectivity index (χ0v) is 9.78. The predicted octanol–water partition coefficient (Wildman–Crippen LogP) is 1.54. The van der Waals surface area contributed by atoms with Crippen LogP contribution in [-0.4, -0.2) is 29.8 Å². The fourth-order valence-electron chi connectivity index (χ4n) is 3.20. The molecule has 0 amide bonds. The number of oxime groups is 1. The van der Waals surface area contributed by atoms with E-state index in [0.29, 0.717) is 12.8 Å². The monoisotopic (exact) mass is 243 g/mol. The van der Waals surface area contributed by atoms with E-state index in [9.17, 15) is 4.79 Å². The standard InChI is InChI=1S/C14H13NO3/c16-9-6-10-12-13(8-4-2-1-3-5-8)15-18-14(12)11(7-9)17-10/h1-5,10-12,14H,6-7H2/t10-,11+,12+,14+/m1/s1. The lowest BCUT2D eigenvalue weighted by Gasteiger charge is -2.21. The summed E-state index contributed by atoms with van der Waals surface area (Å²) < 4.78 is 5.86. The third kappa shape index (κ3) is 1.35. The fraction of sp³-hybridized carbons (Fsp3) is 0.429. The fourth-order valence-corrected chi connectivity index (χ4v) is 3.20. The number of carbonyl (C=O) groups is 1. The van der Waals surface area contributed by atoms with E-state index in [-0.39, 0.29) is 30.0 Å². The molecule has 4 rings (SSSR count). The van der Waals surface area contributed by atoms with Crippen LogP contribution in [0.5, 0.6) is 0 Å². The molecule has 92 valence electrons. The van der Waals surface area contributed by atoms with Gasteiger partial charge in [-0.15, -0.1) is 0 Å². The van der Waals surface area contributed by atoms with E-state index in [1.54, 1.807) is 0 Å². The summed E-state index contributed by atoms with van der Waals surface area (Å²) in [6, 6.07) is 9.99. The molecule has 3 heterocycles. The summed E-state index contributed by atoms with van der Waals surface area (Å²) in [6.07, 6.45) is 0.730. The molecular formula is C14H13NO3. The van der Waals surface area contributed by atoms with Gasteiger partial charge in [-0.25, -0.2) is 0 Å². The van der Waals surface area contributed by atoms with Gasteiger partial charge in [-0.1, -0.05) is 35.5 Å². The Morgan fingerprint density at radius 2 is 1.89 bits per heavy atom. The van der Waals surface area contributed by atoms with E-state index < -0.39 is 0 Å². The van der Waals surface area contributed by atoms with Gasteiger partial charge in [0.05, 0.1) is 17.7 Å². The first kappa shape index (κ1) is 10.3. The van der Waals surface area contributed by atoms with Crippen LogP contribution < -0.4 is 0 Å². The van der Waals surface area contributed by atoms with Crippen molar-refractivity contribution in [1.29, 1.82) is 0 Å². The molecule has 18 heavy (non-hydrogen) atoms. The van der Waals surface area contributed by atoms with E-state index in [1.807, 2.05) is 30.3 Å². The molecule has 4 heteroatoms. The Balaban J connectivity index is 1.71. The first-order valence-electron chi connectivity index (χ1n) is 6.29. The molecule has 0 N–H and O–H groups in total. The zero-order chi connectivity index (χ0) is 12.1. The van der Waals surface area contributed by atoms with Gasteiger partial charge in [0.1, 0.15) is 11.9 Å². The quantitative estimate of drug-likeness (QED) is 0.751. The van der Waals surface area contributed by atoms with Crippen LogP contribution in [0.4, 0.5) is 0 Å². The van der Waals surface area contributed by atoms with Crippen LogP contribution in [0.3, 0.4) is 0 Å². The van der Waals surface area contributed by atoms with Crippen molar-refractivity contribution in [3.63, 3.8) is 0 Å². The van der Waals surface area contributed by atoms with Crippen LogP contribution in [0.25, 0.3) is 0 Å². The Morgan fingerprint density at radius 3 is 2.72 bits per heavy atom. The number of Topliss-reactive ketones (excluding diaryl/α,β-unsaturated/α-hetero) is 1. The van der Waals surface area contributed by atoms with Crippen LogP contribution in [0.2, 0.25) is 0 Å². The van der Waals surface area contributed by atoms with Crippen LogP contribution in [0.15, 0.2) is 35.5 Å². The predicted molar refractivity (Wildman–Crippen MR) is 64.2 cm³/mol. The Bertz CT molecular complexity index is 525. The lowest BCUT2D eigenvalue weighted by Crippen LogP contribution is -2.29. The van der Waals surface area contributed by atoms with Crippen LogP contribution in [0, 0.1) is 5.92 Å². The number of carbonyl (C=O) groups excluding carboxylic acids is 1. The topological polar surface area (TPSA) is 47.9 Å². The normalized spacial score (nSPS) is 37.1. The molecule has 0 aromatic heterocycles. The van der Waals surface area contributed by atoms with Gasteiger partial charge in [0.25, 0.3) is 0 Å². The highest BCUT2D eigenvalue weighted by molar-refractivity contribution is 6.04. The molecule has 0 aliphatic carbocycles. The lowest BCUT2D eigenvalue weighted by atomic mass is 9.88. The molecule has 0 spiro atoms. The molecule has 4 nitrogen and oxygen atoms in total. The first-order chi connectivity index (χ1) is 8.83. The Morgan fingerprint density at radius 1 is 1.11 bits per heavy atom. The number of ketones is 1. The average molecular weight is 243 g/mol. The highest BCUT2D eigenvalue weighted by Gasteiger charge is 2.55.